The molecule has 0 aliphatic heterocycles. The van der Waals surface area contributed by atoms with Gasteiger partial charge < -0.3 is 9.47 Å². The Bertz CT molecular complexity index is 678. The van der Waals surface area contributed by atoms with Gasteiger partial charge in [-0.3, -0.25) is 0 Å². The molecule has 1 aromatic heterocycles. The zero-order valence-corrected chi connectivity index (χ0v) is 13.2. The number of rotatable bonds is 7. The average Bonchev–Trinajstić information content (AvgIpc) is 2.52. The maximum absolute atomic E-state index is 12.2. The number of nitrogens with zero attached hydrogens (tertiary/aromatic N) is 2. The van der Waals surface area contributed by atoms with Gasteiger partial charge in [-0.1, -0.05) is 36.4 Å². The number of alkyl halides is 2. The molecule has 2 rings (SSSR count). The first kappa shape index (κ1) is 17.1. The van der Waals surface area contributed by atoms with Gasteiger partial charge in [0, 0.05) is 0 Å². The minimum Gasteiger partial charge on any atom is -0.481 e. The molecule has 0 amide bonds. The maximum Gasteiger partial charge on any atom is 0.272 e. The van der Waals surface area contributed by atoms with Crippen molar-refractivity contribution in [2.45, 2.75) is 20.0 Å². The van der Waals surface area contributed by atoms with Crippen molar-refractivity contribution in [3.63, 3.8) is 0 Å². The topological polar surface area (TPSA) is 44.2 Å². The molecule has 0 N–H and O–H groups in total. The Hall–Kier alpha value is -2.21. The lowest BCUT2D eigenvalue weighted by Crippen LogP contribution is -2.09. The molecule has 0 spiro atoms. The Kier molecular flexibility index (Phi) is 5.87. The van der Waals surface area contributed by atoms with Gasteiger partial charge in [0.05, 0.1) is 6.20 Å². The second-order valence-corrected chi connectivity index (χ2v) is 5.11. The third-order valence-electron chi connectivity index (χ3n) is 2.88. The molecule has 0 aliphatic carbocycles. The van der Waals surface area contributed by atoms with Gasteiger partial charge in [0.1, 0.15) is 13.2 Å². The smallest absolute Gasteiger partial charge is 0.272 e. The van der Waals surface area contributed by atoms with E-state index in [1.807, 2.05) is 31.2 Å². The van der Waals surface area contributed by atoms with Crippen LogP contribution in [0.3, 0.4) is 0 Å². The third-order valence-corrected chi connectivity index (χ3v) is 3.06. The SMILES string of the molecule is C=C(C)c1ccc(COc2nc(Cl)ncc2OCC(F)F)cc1. The van der Waals surface area contributed by atoms with Crippen LogP contribution in [0.5, 0.6) is 11.6 Å². The van der Waals surface area contributed by atoms with Crippen LogP contribution in [0.4, 0.5) is 8.78 Å². The lowest BCUT2D eigenvalue weighted by molar-refractivity contribution is 0.0790. The number of aromatic nitrogens is 2. The molecule has 4 nitrogen and oxygen atoms in total. The van der Waals surface area contributed by atoms with Crippen LogP contribution >= 0.6 is 11.6 Å². The summed E-state index contributed by atoms with van der Waals surface area (Å²) < 4.78 is 34.9. The Balaban J connectivity index is 2.06. The first-order chi connectivity index (χ1) is 11.0. The molecule has 0 atom stereocenters. The van der Waals surface area contributed by atoms with E-state index in [4.69, 9.17) is 21.1 Å². The summed E-state index contributed by atoms with van der Waals surface area (Å²) in [6, 6.07) is 7.60. The van der Waals surface area contributed by atoms with Gasteiger partial charge in [0.2, 0.25) is 5.28 Å². The van der Waals surface area contributed by atoms with Gasteiger partial charge in [-0.25, -0.2) is 13.8 Å². The highest BCUT2D eigenvalue weighted by atomic mass is 35.5. The minimum absolute atomic E-state index is 0.0215. The molecule has 0 fully saturated rings. The van der Waals surface area contributed by atoms with Crippen LogP contribution in [-0.4, -0.2) is 23.0 Å². The van der Waals surface area contributed by atoms with E-state index < -0.39 is 13.0 Å². The molecular formula is C16H15ClF2N2O2. The van der Waals surface area contributed by atoms with Crippen molar-refractivity contribution >= 4 is 17.2 Å². The van der Waals surface area contributed by atoms with E-state index in [-0.39, 0.29) is 23.5 Å². The molecule has 0 saturated heterocycles. The van der Waals surface area contributed by atoms with Crippen LogP contribution in [0.25, 0.3) is 5.57 Å². The molecular weight excluding hydrogens is 326 g/mol. The predicted molar refractivity (Wildman–Crippen MR) is 84.0 cm³/mol. The van der Waals surface area contributed by atoms with Crippen molar-refractivity contribution in [3.05, 3.63) is 53.5 Å². The lowest BCUT2D eigenvalue weighted by atomic mass is 10.1. The summed E-state index contributed by atoms with van der Waals surface area (Å²) in [5.74, 6) is 0.0443. The molecule has 122 valence electrons. The fourth-order valence-corrected chi connectivity index (χ4v) is 1.85. The highest BCUT2D eigenvalue weighted by molar-refractivity contribution is 6.28. The van der Waals surface area contributed by atoms with Gasteiger partial charge >= 0.3 is 0 Å². The van der Waals surface area contributed by atoms with Gasteiger partial charge in [-0.15, -0.1) is 0 Å². The fraction of sp³-hybridized carbons (Fsp3) is 0.250. The van der Waals surface area contributed by atoms with Crippen LogP contribution in [0.1, 0.15) is 18.1 Å². The van der Waals surface area contributed by atoms with Crippen LogP contribution in [0.2, 0.25) is 5.28 Å². The van der Waals surface area contributed by atoms with Crippen LogP contribution in [0, 0.1) is 0 Å². The molecule has 1 aromatic carbocycles. The summed E-state index contributed by atoms with van der Waals surface area (Å²) in [5, 5.41) is -0.0537. The second kappa shape index (κ2) is 7.87. The number of ether oxygens (including phenoxy) is 2. The van der Waals surface area contributed by atoms with Gasteiger partial charge in [-0.2, -0.15) is 4.98 Å². The number of benzene rings is 1. The maximum atomic E-state index is 12.2. The molecule has 0 bridgehead atoms. The fourth-order valence-electron chi connectivity index (χ4n) is 1.73. The third kappa shape index (κ3) is 5.17. The van der Waals surface area contributed by atoms with Crippen LogP contribution in [-0.2, 0) is 6.61 Å². The Morgan fingerprint density at radius 3 is 2.57 bits per heavy atom. The van der Waals surface area contributed by atoms with E-state index in [0.717, 1.165) is 16.7 Å². The van der Waals surface area contributed by atoms with Gasteiger partial charge in [-0.05, 0) is 29.7 Å². The van der Waals surface area contributed by atoms with Crippen molar-refractivity contribution < 1.29 is 18.3 Å². The van der Waals surface area contributed by atoms with E-state index in [1.54, 1.807) is 0 Å². The first-order valence-electron chi connectivity index (χ1n) is 6.77. The van der Waals surface area contributed by atoms with Crippen molar-refractivity contribution in [1.29, 1.82) is 0 Å². The zero-order chi connectivity index (χ0) is 16.8. The minimum atomic E-state index is -2.60. The molecule has 0 aliphatic rings. The predicted octanol–water partition coefficient (Wildman–Crippen LogP) is 4.39. The number of allylic oxidation sites excluding steroid dienone is 1. The number of hydrogen-bond donors (Lipinski definition) is 0. The highest BCUT2D eigenvalue weighted by Crippen LogP contribution is 2.26. The second-order valence-electron chi connectivity index (χ2n) is 4.78. The zero-order valence-electron chi connectivity index (χ0n) is 12.4. The van der Waals surface area contributed by atoms with Crippen molar-refractivity contribution in [1.82, 2.24) is 9.97 Å². The average molecular weight is 341 g/mol. The summed E-state index contributed by atoms with van der Waals surface area (Å²) in [6.45, 7) is 5.20. The molecule has 0 radical (unpaired) electrons. The quantitative estimate of drug-likeness (QED) is 0.701. The summed E-state index contributed by atoms with van der Waals surface area (Å²) in [4.78, 5) is 7.56. The molecule has 0 unspecified atom stereocenters. The summed E-state index contributed by atoms with van der Waals surface area (Å²) in [6.07, 6.45) is -1.40. The van der Waals surface area contributed by atoms with Crippen molar-refractivity contribution in [2.75, 3.05) is 6.61 Å². The van der Waals surface area contributed by atoms with E-state index in [0.29, 0.717) is 0 Å². The Morgan fingerprint density at radius 2 is 1.96 bits per heavy atom. The standard InChI is InChI=1S/C16H15ClF2N2O2/c1-10(2)12-5-3-11(4-6-12)8-23-15-13(22-9-14(18)19)7-20-16(17)21-15/h3-7,14H,1,8-9H2,2H3. The summed E-state index contributed by atoms with van der Waals surface area (Å²) in [5.41, 5.74) is 2.87. The lowest BCUT2D eigenvalue weighted by Gasteiger charge is -2.11. The molecule has 7 heteroatoms. The first-order valence-corrected chi connectivity index (χ1v) is 7.14. The summed E-state index contributed by atoms with van der Waals surface area (Å²) >= 11 is 5.70. The van der Waals surface area contributed by atoms with Crippen molar-refractivity contribution in [3.8, 4) is 11.6 Å². The largest absolute Gasteiger partial charge is 0.481 e. The highest BCUT2D eigenvalue weighted by Gasteiger charge is 2.12. The Labute approximate surface area is 137 Å². The number of halogens is 3. The molecule has 1 heterocycles. The van der Waals surface area contributed by atoms with Crippen LogP contribution < -0.4 is 9.47 Å². The summed E-state index contributed by atoms with van der Waals surface area (Å²) in [7, 11) is 0. The Morgan fingerprint density at radius 1 is 1.26 bits per heavy atom. The van der Waals surface area contributed by atoms with E-state index in [2.05, 4.69) is 16.5 Å². The number of hydrogen-bond acceptors (Lipinski definition) is 4. The molecule has 2 aromatic rings. The van der Waals surface area contributed by atoms with Crippen LogP contribution in [0.15, 0.2) is 37.0 Å². The van der Waals surface area contributed by atoms with E-state index >= 15 is 0 Å². The van der Waals surface area contributed by atoms with E-state index in [9.17, 15) is 8.78 Å². The van der Waals surface area contributed by atoms with Gasteiger partial charge in [0.15, 0.2) is 5.75 Å². The molecule has 23 heavy (non-hydrogen) atoms. The normalized spacial score (nSPS) is 10.7. The monoisotopic (exact) mass is 340 g/mol. The van der Waals surface area contributed by atoms with Gasteiger partial charge in [0.25, 0.3) is 12.3 Å². The van der Waals surface area contributed by atoms with Crippen molar-refractivity contribution in [2.24, 2.45) is 0 Å². The molecule has 0 saturated carbocycles. The van der Waals surface area contributed by atoms with E-state index in [1.165, 1.54) is 6.20 Å².